The Morgan fingerprint density at radius 3 is 2.92 bits per heavy atom. The van der Waals surface area contributed by atoms with Crippen molar-refractivity contribution in [1.82, 2.24) is 15.0 Å². The van der Waals surface area contributed by atoms with Crippen LogP contribution in [0.5, 0.6) is 0 Å². The van der Waals surface area contributed by atoms with Crippen molar-refractivity contribution >= 4 is 33.8 Å². The summed E-state index contributed by atoms with van der Waals surface area (Å²) in [4.78, 5) is 4.71. The van der Waals surface area contributed by atoms with Gasteiger partial charge in [-0.25, -0.2) is 18.1 Å². The van der Waals surface area contributed by atoms with E-state index in [4.69, 9.17) is 0 Å². The van der Waals surface area contributed by atoms with Crippen molar-refractivity contribution < 1.29 is 8.42 Å². The Morgan fingerprint density at radius 2 is 2.25 bits per heavy atom. The van der Waals surface area contributed by atoms with Crippen LogP contribution in [0.4, 0.5) is 0 Å². The van der Waals surface area contributed by atoms with Gasteiger partial charge in [-0.15, -0.1) is 23.7 Å². The lowest BCUT2D eigenvalue weighted by atomic mass is 10.1. The zero-order valence-electron chi connectivity index (χ0n) is 13.5. The van der Waals surface area contributed by atoms with E-state index in [2.05, 4.69) is 15.0 Å². The average molecular weight is 388 g/mol. The Balaban J connectivity index is 0.00000208. The molecular weight excluding hydrogens is 366 g/mol. The molecule has 1 fully saturated rings. The molecule has 3 rings (SSSR count). The number of nitrogens with zero attached hydrogens (tertiary/aromatic N) is 1. The van der Waals surface area contributed by atoms with Crippen molar-refractivity contribution in [3.63, 3.8) is 0 Å². The number of aromatic nitrogens is 1. The van der Waals surface area contributed by atoms with Crippen LogP contribution in [0.15, 0.2) is 34.5 Å². The molecule has 2 N–H and O–H groups in total. The van der Waals surface area contributed by atoms with Gasteiger partial charge in [0.05, 0.1) is 4.90 Å². The van der Waals surface area contributed by atoms with Gasteiger partial charge in [-0.1, -0.05) is 12.1 Å². The van der Waals surface area contributed by atoms with Crippen LogP contribution in [-0.4, -0.2) is 33.0 Å². The molecule has 1 aromatic carbocycles. The lowest BCUT2D eigenvalue weighted by molar-refractivity contribution is 0.519. The highest BCUT2D eigenvalue weighted by Gasteiger charge is 2.18. The molecule has 0 aliphatic carbocycles. The first-order valence-electron chi connectivity index (χ1n) is 7.77. The third-order valence-electron chi connectivity index (χ3n) is 4.02. The first-order chi connectivity index (χ1) is 11.0. The predicted octanol–water partition coefficient (Wildman–Crippen LogP) is 2.82. The number of halogens is 1. The van der Waals surface area contributed by atoms with Crippen LogP contribution in [0.3, 0.4) is 0 Å². The Morgan fingerprint density at radius 1 is 1.42 bits per heavy atom. The number of rotatable bonds is 6. The minimum atomic E-state index is -3.47. The summed E-state index contributed by atoms with van der Waals surface area (Å²) >= 11 is 1.52. The standard InChI is InChI=1S/C16H21N3O2S2.ClH/c1-12-11-22-16(19-12)14-3-2-4-15(9-14)23(20,21)18-8-6-13-5-7-17-10-13;/h2-4,9,11,13,17-18H,5-8,10H2,1H3;1H. The topological polar surface area (TPSA) is 71.1 Å². The normalized spacial score (nSPS) is 17.6. The summed E-state index contributed by atoms with van der Waals surface area (Å²) in [5.41, 5.74) is 1.78. The molecule has 1 saturated heterocycles. The average Bonchev–Trinajstić information content (AvgIpc) is 3.19. The predicted molar refractivity (Wildman–Crippen MR) is 100 cm³/mol. The number of hydrogen-bond acceptors (Lipinski definition) is 5. The molecule has 1 unspecified atom stereocenters. The fraction of sp³-hybridized carbons (Fsp3) is 0.438. The van der Waals surface area contributed by atoms with Crippen molar-refractivity contribution in [2.75, 3.05) is 19.6 Å². The van der Waals surface area contributed by atoms with Crippen molar-refractivity contribution in [2.45, 2.75) is 24.7 Å². The van der Waals surface area contributed by atoms with E-state index >= 15 is 0 Å². The molecule has 1 aliphatic heterocycles. The van der Waals surface area contributed by atoms with Gasteiger partial charge in [0.15, 0.2) is 0 Å². The highest BCUT2D eigenvalue weighted by molar-refractivity contribution is 7.89. The lowest BCUT2D eigenvalue weighted by Gasteiger charge is -2.10. The molecule has 0 spiro atoms. The number of hydrogen-bond donors (Lipinski definition) is 2. The van der Waals surface area contributed by atoms with E-state index in [9.17, 15) is 8.42 Å². The van der Waals surface area contributed by atoms with Crippen molar-refractivity contribution in [3.05, 3.63) is 35.3 Å². The molecule has 1 aliphatic rings. The second-order valence-electron chi connectivity index (χ2n) is 5.87. The zero-order valence-corrected chi connectivity index (χ0v) is 15.9. The van der Waals surface area contributed by atoms with Crippen LogP contribution in [0.25, 0.3) is 10.6 Å². The molecule has 5 nitrogen and oxygen atoms in total. The summed E-state index contributed by atoms with van der Waals surface area (Å²) in [6.07, 6.45) is 2.00. The Labute approximate surface area is 153 Å². The van der Waals surface area contributed by atoms with Crippen molar-refractivity contribution in [2.24, 2.45) is 5.92 Å². The van der Waals surface area contributed by atoms with Gasteiger partial charge in [-0.3, -0.25) is 0 Å². The summed E-state index contributed by atoms with van der Waals surface area (Å²) in [5.74, 6) is 0.572. The maximum Gasteiger partial charge on any atom is 0.240 e. The highest BCUT2D eigenvalue weighted by Crippen LogP contribution is 2.25. The largest absolute Gasteiger partial charge is 0.316 e. The van der Waals surface area contributed by atoms with E-state index in [-0.39, 0.29) is 12.4 Å². The molecule has 2 aromatic rings. The van der Waals surface area contributed by atoms with E-state index in [1.165, 1.54) is 11.3 Å². The van der Waals surface area contributed by atoms with E-state index in [1.807, 2.05) is 18.4 Å². The number of sulfonamides is 1. The summed E-state index contributed by atoms with van der Waals surface area (Å²) in [6, 6.07) is 6.98. The monoisotopic (exact) mass is 387 g/mol. The first kappa shape index (κ1) is 19.3. The minimum Gasteiger partial charge on any atom is -0.316 e. The van der Waals surface area contributed by atoms with E-state index in [0.29, 0.717) is 17.4 Å². The van der Waals surface area contributed by atoms with E-state index in [0.717, 1.165) is 42.2 Å². The number of aryl methyl sites for hydroxylation is 1. The Bertz CT molecular complexity index is 771. The molecule has 1 aromatic heterocycles. The van der Waals surface area contributed by atoms with Crippen LogP contribution in [-0.2, 0) is 10.0 Å². The van der Waals surface area contributed by atoms with Gasteiger partial charge < -0.3 is 5.32 Å². The molecule has 0 bridgehead atoms. The van der Waals surface area contributed by atoms with Gasteiger partial charge in [-0.05, 0) is 50.9 Å². The second kappa shape index (κ2) is 8.40. The van der Waals surface area contributed by atoms with Crippen LogP contribution >= 0.6 is 23.7 Å². The molecule has 0 radical (unpaired) electrons. The fourth-order valence-electron chi connectivity index (χ4n) is 2.72. The maximum atomic E-state index is 12.5. The quantitative estimate of drug-likeness (QED) is 0.799. The molecule has 132 valence electrons. The third-order valence-corrected chi connectivity index (χ3v) is 6.49. The Hall–Kier alpha value is -0.990. The van der Waals surface area contributed by atoms with Gasteiger partial charge in [0.2, 0.25) is 10.0 Å². The molecule has 0 amide bonds. The summed E-state index contributed by atoms with van der Waals surface area (Å²) in [7, 11) is -3.47. The second-order valence-corrected chi connectivity index (χ2v) is 8.49. The van der Waals surface area contributed by atoms with Gasteiger partial charge in [-0.2, -0.15) is 0 Å². The van der Waals surface area contributed by atoms with Crippen molar-refractivity contribution in [3.8, 4) is 10.6 Å². The highest BCUT2D eigenvalue weighted by atomic mass is 35.5. The summed E-state index contributed by atoms with van der Waals surface area (Å²) in [6.45, 7) is 4.43. The fourth-order valence-corrected chi connectivity index (χ4v) is 4.61. The summed E-state index contributed by atoms with van der Waals surface area (Å²) < 4.78 is 27.6. The number of benzene rings is 1. The SMILES string of the molecule is Cc1csc(-c2cccc(S(=O)(=O)NCCC3CCNC3)c2)n1.Cl. The van der Waals surface area contributed by atoms with Crippen LogP contribution in [0, 0.1) is 12.8 Å². The van der Waals surface area contributed by atoms with Gasteiger partial charge in [0.1, 0.15) is 5.01 Å². The Kier molecular flexibility index (Phi) is 6.77. The molecule has 2 heterocycles. The molecular formula is C16H22ClN3O2S2. The van der Waals surface area contributed by atoms with Crippen LogP contribution in [0.2, 0.25) is 0 Å². The molecule has 8 heteroatoms. The first-order valence-corrected chi connectivity index (χ1v) is 10.1. The van der Waals surface area contributed by atoms with E-state index < -0.39 is 10.0 Å². The molecule has 0 saturated carbocycles. The zero-order chi connectivity index (χ0) is 16.3. The number of thiazole rings is 1. The van der Waals surface area contributed by atoms with Crippen LogP contribution in [0.1, 0.15) is 18.5 Å². The van der Waals surface area contributed by atoms with Crippen molar-refractivity contribution in [1.29, 1.82) is 0 Å². The van der Waals surface area contributed by atoms with E-state index in [1.54, 1.807) is 18.2 Å². The number of nitrogens with one attached hydrogen (secondary N) is 2. The molecule has 24 heavy (non-hydrogen) atoms. The van der Waals surface area contributed by atoms with Gasteiger partial charge in [0.25, 0.3) is 0 Å². The lowest BCUT2D eigenvalue weighted by Crippen LogP contribution is -2.26. The van der Waals surface area contributed by atoms with Gasteiger partial charge >= 0.3 is 0 Å². The minimum absolute atomic E-state index is 0. The maximum absolute atomic E-state index is 12.5. The third kappa shape index (κ3) is 4.77. The van der Waals surface area contributed by atoms with Crippen LogP contribution < -0.4 is 10.0 Å². The summed E-state index contributed by atoms with van der Waals surface area (Å²) in [5, 5.41) is 6.10. The van der Waals surface area contributed by atoms with Gasteiger partial charge in [0, 0.05) is 23.2 Å². The molecule has 1 atom stereocenters. The smallest absolute Gasteiger partial charge is 0.240 e.